The lowest BCUT2D eigenvalue weighted by atomic mass is 9.55. The van der Waals surface area contributed by atoms with Crippen molar-refractivity contribution in [1.82, 2.24) is 9.57 Å². The molecule has 0 amide bonds. The van der Waals surface area contributed by atoms with Gasteiger partial charge in [0.1, 0.15) is 0 Å². The minimum absolute atomic E-state index is 0.00640. The molecular formula is C28H49N2P. The van der Waals surface area contributed by atoms with Crippen molar-refractivity contribution < 1.29 is 0 Å². The molecule has 0 saturated heterocycles. The normalized spacial score (nSPS) is 48.3. The van der Waals surface area contributed by atoms with Gasteiger partial charge in [0.2, 0.25) is 0 Å². The van der Waals surface area contributed by atoms with Crippen LogP contribution in [0.1, 0.15) is 97.8 Å². The highest BCUT2D eigenvalue weighted by molar-refractivity contribution is 7.58. The zero-order valence-corrected chi connectivity index (χ0v) is 21.7. The smallest absolute Gasteiger partial charge is 0.0149 e. The van der Waals surface area contributed by atoms with Gasteiger partial charge in [-0.2, -0.15) is 0 Å². The Kier molecular flexibility index (Phi) is 5.80. The first kappa shape index (κ1) is 21.9. The van der Waals surface area contributed by atoms with Crippen molar-refractivity contribution in [3.05, 3.63) is 0 Å². The van der Waals surface area contributed by atoms with Crippen molar-refractivity contribution in [2.24, 2.45) is 35.5 Å². The summed E-state index contributed by atoms with van der Waals surface area (Å²) in [6.45, 7) is 13.7. The van der Waals surface area contributed by atoms with Crippen LogP contribution < -0.4 is 0 Å². The van der Waals surface area contributed by atoms with Gasteiger partial charge in [-0.25, -0.2) is 0 Å². The molecule has 3 heteroatoms. The molecule has 0 heterocycles. The third-order valence-electron chi connectivity index (χ3n) is 11.1. The lowest BCUT2D eigenvalue weighted by Crippen LogP contribution is -2.59. The fraction of sp³-hybridized carbons (Fsp3) is 1.00. The summed E-state index contributed by atoms with van der Waals surface area (Å²) in [5.41, 5.74) is 0. The zero-order valence-electron chi connectivity index (χ0n) is 20.8. The van der Waals surface area contributed by atoms with E-state index < -0.39 is 0 Å². The summed E-state index contributed by atoms with van der Waals surface area (Å²) in [4.78, 5) is 2.69. The molecule has 8 fully saturated rings. The van der Waals surface area contributed by atoms with Crippen LogP contribution in [-0.2, 0) is 0 Å². The standard InChI is InChI=1S/C28H49N2P/c1-4-29(5-2)7-8-30(6-3)31(27-15-21-9-22(16-27)11-23(10-21)17-27)28-18-24-12-25(19-28)14-26(13-24)20-28/h21-26H,4-20H2,1-3H3. The second-order valence-electron chi connectivity index (χ2n) is 13.2. The third-order valence-corrected chi connectivity index (χ3v) is 15.1. The highest BCUT2D eigenvalue weighted by atomic mass is 31.1. The Morgan fingerprint density at radius 1 is 0.548 bits per heavy atom. The molecule has 8 aliphatic carbocycles. The van der Waals surface area contributed by atoms with Crippen LogP contribution in [0.25, 0.3) is 0 Å². The van der Waals surface area contributed by atoms with E-state index >= 15 is 0 Å². The van der Waals surface area contributed by atoms with E-state index in [0.29, 0.717) is 0 Å². The van der Waals surface area contributed by atoms with Gasteiger partial charge in [0.25, 0.3) is 0 Å². The summed E-state index contributed by atoms with van der Waals surface area (Å²) in [7, 11) is -0.00640. The zero-order chi connectivity index (χ0) is 21.2. The third kappa shape index (κ3) is 3.69. The predicted octanol–water partition coefficient (Wildman–Crippen LogP) is 6.98. The summed E-state index contributed by atoms with van der Waals surface area (Å²) in [6, 6.07) is 0. The molecule has 176 valence electrons. The SMILES string of the molecule is CCN(CC)CCN(CC)P(C12CC3CC(CC(C3)C1)C2)C12CC3CC(CC(C3)C1)C2. The van der Waals surface area contributed by atoms with E-state index in [1.165, 1.54) is 32.7 Å². The van der Waals surface area contributed by atoms with Crippen molar-refractivity contribution in [2.75, 3.05) is 32.7 Å². The Bertz CT molecular complexity index is 541. The maximum atomic E-state index is 3.17. The second kappa shape index (κ2) is 8.23. The minimum Gasteiger partial charge on any atom is -0.303 e. The lowest BCUT2D eigenvalue weighted by molar-refractivity contribution is 0.0142. The molecule has 0 spiro atoms. The molecule has 0 aromatic carbocycles. The van der Waals surface area contributed by atoms with Gasteiger partial charge < -0.3 is 4.90 Å². The Morgan fingerprint density at radius 3 is 1.19 bits per heavy atom. The molecule has 0 aliphatic heterocycles. The van der Waals surface area contributed by atoms with Gasteiger partial charge in [-0.3, -0.25) is 4.67 Å². The largest absolute Gasteiger partial charge is 0.303 e. The van der Waals surface area contributed by atoms with Gasteiger partial charge in [-0.1, -0.05) is 20.8 Å². The number of hydrogen-bond acceptors (Lipinski definition) is 2. The van der Waals surface area contributed by atoms with Gasteiger partial charge in [0.05, 0.1) is 0 Å². The van der Waals surface area contributed by atoms with Gasteiger partial charge in [-0.15, -0.1) is 0 Å². The molecule has 0 N–H and O–H groups in total. The predicted molar refractivity (Wildman–Crippen MR) is 134 cm³/mol. The van der Waals surface area contributed by atoms with Crippen LogP contribution in [0.3, 0.4) is 0 Å². The Morgan fingerprint density at radius 2 is 0.903 bits per heavy atom. The van der Waals surface area contributed by atoms with Gasteiger partial charge in [0, 0.05) is 23.4 Å². The number of rotatable bonds is 9. The molecular weight excluding hydrogens is 395 g/mol. The summed E-state index contributed by atoms with van der Waals surface area (Å²) in [5, 5.41) is 1.49. The fourth-order valence-corrected chi connectivity index (χ4v) is 16.3. The second-order valence-corrected chi connectivity index (χ2v) is 16.3. The molecule has 0 atom stereocenters. The fourth-order valence-electron chi connectivity index (χ4n) is 10.9. The lowest BCUT2D eigenvalue weighted by Gasteiger charge is -2.69. The maximum Gasteiger partial charge on any atom is 0.0149 e. The van der Waals surface area contributed by atoms with Crippen molar-refractivity contribution >= 4 is 8.07 Å². The molecule has 0 unspecified atom stereocenters. The van der Waals surface area contributed by atoms with E-state index in [2.05, 4.69) is 30.3 Å². The molecule has 8 saturated carbocycles. The maximum absolute atomic E-state index is 3.17. The summed E-state index contributed by atoms with van der Waals surface area (Å²) in [5.74, 6) is 6.62. The average Bonchev–Trinajstić information content (AvgIpc) is 2.71. The van der Waals surface area contributed by atoms with E-state index in [-0.39, 0.29) is 8.07 Å². The summed E-state index contributed by atoms with van der Waals surface area (Å²) in [6.07, 6.45) is 19.4. The molecule has 8 bridgehead atoms. The molecule has 0 aromatic rings. The van der Waals surface area contributed by atoms with Gasteiger partial charge in [-0.05, 0) is 140 Å². The van der Waals surface area contributed by atoms with Gasteiger partial charge in [0.15, 0.2) is 0 Å². The molecule has 0 radical (unpaired) electrons. The van der Waals surface area contributed by atoms with Crippen LogP contribution in [0.5, 0.6) is 0 Å². The molecule has 2 nitrogen and oxygen atoms in total. The van der Waals surface area contributed by atoms with Crippen molar-refractivity contribution in [3.8, 4) is 0 Å². The van der Waals surface area contributed by atoms with Crippen molar-refractivity contribution in [3.63, 3.8) is 0 Å². The van der Waals surface area contributed by atoms with Crippen LogP contribution in [0.2, 0.25) is 0 Å². The number of likely N-dealkylation sites (N-methyl/N-ethyl adjacent to an activating group) is 2. The summed E-state index contributed by atoms with van der Waals surface area (Å²) >= 11 is 0. The minimum atomic E-state index is -0.00640. The van der Waals surface area contributed by atoms with E-state index in [1.807, 2.05) is 0 Å². The van der Waals surface area contributed by atoms with Crippen LogP contribution in [-0.4, -0.2) is 52.6 Å². The van der Waals surface area contributed by atoms with E-state index in [1.54, 1.807) is 77.0 Å². The van der Waals surface area contributed by atoms with Gasteiger partial charge >= 0.3 is 0 Å². The molecule has 8 aliphatic rings. The van der Waals surface area contributed by atoms with Crippen LogP contribution >= 0.6 is 8.07 Å². The van der Waals surface area contributed by atoms with Crippen LogP contribution in [0, 0.1) is 35.5 Å². The summed E-state index contributed by atoms with van der Waals surface area (Å²) < 4.78 is 3.17. The van der Waals surface area contributed by atoms with E-state index in [0.717, 1.165) is 45.8 Å². The first-order valence-electron chi connectivity index (χ1n) is 14.3. The molecule has 0 aromatic heterocycles. The quantitative estimate of drug-likeness (QED) is 0.354. The first-order valence-corrected chi connectivity index (χ1v) is 15.6. The first-order chi connectivity index (χ1) is 15.0. The van der Waals surface area contributed by atoms with Crippen molar-refractivity contribution in [2.45, 2.75) is 108 Å². The Labute approximate surface area is 194 Å². The van der Waals surface area contributed by atoms with Crippen molar-refractivity contribution in [1.29, 1.82) is 0 Å². The number of nitrogens with zero attached hydrogens (tertiary/aromatic N) is 2. The van der Waals surface area contributed by atoms with Crippen LogP contribution in [0.4, 0.5) is 0 Å². The van der Waals surface area contributed by atoms with E-state index in [9.17, 15) is 0 Å². The Hall–Kier alpha value is 0.350. The van der Waals surface area contributed by atoms with Crippen LogP contribution in [0.15, 0.2) is 0 Å². The monoisotopic (exact) mass is 444 g/mol. The highest BCUT2D eigenvalue weighted by Gasteiger charge is 2.64. The molecule has 8 rings (SSSR count). The number of hydrogen-bond donors (Lipinski definition) is 0. The average molecular weight is 445 g/mol. The highest BCUT2D eigenvalue weighted by Crippen LogP contribution is 2.79. The molecule has 31 heavy (non-hydrogen) atoms. The Balaban J connectivity index is 1.35. The van der Waals surface area contributed by atoms with E-state index in [4.69, 9.17) is 0 Å². The topological polar surface area (TPSA) is 6.48 Å².